The summed E-state index contributed by atoms with van der Waals surface area (Å²) >= 11 is 0. The van der Waals surface area contributed by atoms with Crippen LogP contribution in [0.25, 0.3) is 0 Å². The molecule has 30 heavy (non-hydrogen) atoms. The minimum absolute atomic E-state index is 0.0219. The predicted molar refractivity (Wildman–Crippen MR) is 105 cm³/mol. The standard InChI is InChI=1S/C20H19F2N3O4S/c21-15-9-13-4-2-7-25(19(13)17(22)11-15)20(27)14-3-1-5-16(10-14)30(28,29)24-8-6-23-18(26)12-24/h1,3,5,9-11H,2,4,6-8,12H2,(H,23,26). The second kappa shape index (κ2) is 7.77. The van der Waals surface area contributed by atoms with Gasteiger partial charge in [-0.25, -0.2) is 17.2 Å². The molecule has 10 heteroatoms. The largest absolute Gasteiger partial charge is 0.354 e. The third-order valence-electron chi connectivity index (χ3n) is 5.17. The molecule has 2 aliphatic rings. The van der Waals surface area contributed by atoms with E-state index in [9.17, 15) is 26.8 Å². The van der Waals surface area contributed by atoms with Crippen LogP contribution in [-0.2, 0) is 21.2 Å². The zero-order chi connectivity index (χ0) is 21.5. The lowest BCUT2D eigenvalue weighted by molar-refractivity contribution is -0.122. The highest BCUT2D eigenvalue weighted by atomic mass is 32.2. The minimum atomic E-state index is -3.98. The van der Waals surface area contributed by atoms with E-state index in [1.165, 1.54) is 35.2 Å². The highest BCUT2D eigenvalue weighted by molar-refractivity contribution is 7.89. The van der Waals surface area contributed by atoms with E-state index < -0.39 is 33.5 Å². The number of fused-ring (bicyclic) bond motifs is 1. The Kier molecular flexibility index (Phi) is 5.29. The van der Waals surface area contributed by atoms with Gasteiger partial charge in [0.1, 0.15) is 11.6 Å². The van der Waals surface area contributed by atoms with Crippen molar-refractivity contribution >= 4 is 27.5 Å². The molecule has 0 saturated carbocycles. The summed E-state index contributed by atoms with van der Waals surface area (Å²) in [6, 6.07) is 7.38. The lowest BCUT2D eigenvalue weighted by Crippen LogP contribution is -2.49. The molecular weight excluding hydrogens is 416 g/mol. The topological polar surface area (TPSA) is 86.8 Å². The number of amides is 2. The van der Waals surface area contributed by atoms with E-state index in [0.29, 0.717) is 18.4 Å². The molecule has 4 rings (SSSR count). The zero-order valence-electron chi connectivity index (χ0n) is 15.9. The Bertz CT molecular complexity index is 1140. The van der Waals surface area contributed by atoms with Crippen molar-refractivity contribution in [3.63, 3.8) is 0 Å². The first kappa shape index (κ1) is 20.4. The van der Waals surface area contributed by atoms with Crippen LogP contribution in [0.15, 0.2) is 41.3 Å². The highest BCUT2D eigenvalue weighted by Crippen LogP contribution is 2.32. The molecule has 158 valence electrons. The van der Waals surface area contributed by atoms with Crippen LogP contribution in [0.3, 0.4) is 0 Å². The summed E-state index contributed by atoms with van der Waals surface area (Å²) in [5.74, 6) is -2.51. The van der Waals surface area contributed by atoms with Gasteiger partial charge in [0.15, 0.2) is 0 Å². The molecule has 0 radical (unpaired) electrons. The van der Waals surface area contributed by atoms with Crippen LogP contribution in [0.2, 0.25) is 0 Å². The number of anilines is 1. The van der Waals surface area contributed by atoms with E-state index >= 15 is 0 Å². The Balaban J connectivity index is 1.67. The van der Waals surface area contributed by atoms with E-state index in [4.69, 9.17) is 0 Å². The van der Waals surface area contributed by atoms with Crippen molar-refractivity contribution in [3.8, 4) is 0 Å². The predicted octanol–water partition coefficient (Wildman–Crippen LogP) is 1.68. The van der Waals surface area contributed by atoms with Gasteiger partial charge in [0.2, 0.25) is 15.9 Å². The molecule has 2 aromatic rings. The van der Waals surface area contributed by atoms with Gasteiger partial charge < -0.3 is 10.2 Å². The molecule has 2 heterocycles. The third-order valence-corrected chi connectivity index (χ3v) is 7.01. The molecule has 1 saturated heterocycles. The number of halogens is 2. The summed E-state index contributed by atoms with van der Waals surface area (Å²) < 4.78 is 54.8. The van der Waals surface area contributed by atoms with Gasteiger partial charge in [0.25, 0.3) is 5.91 Å². The van der Waals surface area contributed by atoms with Gasteiger partial charge >= 0.3 is 0 Å². The normalized spacial score (nSPS) is 17.4. The van der Waals surface area contributed by atoms with Gasteiger partial charge in [-0.2, -0.15) is 4.31 Å². The number of nitrogens with zero attached hydrogens (tertiary/aromatic N) is 2. The molecule has 2 aromatic carbocycles. The van der Waals surface area contributed by atoms with E-state index in [1.807, 2.05) is 0 Å². The second-order valence-corrected chi connectivity index (χ2v) is 9.11. The first-order chi connectivity index (χ1) is 14.3. The fourth-order valence-corrected chi connectivity index (χ4v) is 5.21. The van der Waals surface area contributed by atoms with Crippen LogP contribution < -0.4 is 10.2 Å². The van der Waals surface area contributed by atoms with Crippen LogP contribution in [0.1, 0.15) is 22.3 Å². The Hall–Kier alpha value is -2.85. The Morgan fingerprint density at radius 2 is 1.90 bits per heavy atom. The van der Waals surface area contributed by atoms with E-state index in [1.54, 1.807) is 0 Å². The number of piperazine rings is 1. The first-order valence-corrected chi connectivity index (χ1v) is 10.9. The second-order valence-electron chi connectivity index (χ2n) is 7.17. The fourth-order valence-electron chi connectivity index (χ4n) is 3.77. The zero-order valence-corrected chi connectivity index (χ0v) is 16.7. The summed E-state index contributed by atoms with van der Waals surface area (Å²) in [4.78, 5) is 25.8. The smallest absolute Gasteiger partial charge is 0.258 e. The number of hydrogen-bond acceptors (Lipinski definition) is 4. The van der Waals surface area contributed by atoms with E-state index in [2.05, 4.69) is 5.32 Å². The Morgan fingerprint density at radius 3 is 2.67 bits per heavy atom. The molecule has 0 atom stereocenters. The van der Waals surface area contributed by atoms with Crippen LogP contribution in [0.5, 0.6) is 0 Å². The fraction of sp³-hybridized carbons (Fsp3) is 0.300. The average Bonchev–Trinajstić information content (AvgIpc) is 2.72. The molecule has 1 N–H and O–H groups in total. The third kappa shape index (κ3) is 3.68. The number of hydrogen-bond donors (Lipinski definition) is 1. The molecule has 1 fully saturated rings. The molecular formula is C20H19F2N3O4S. The number of benzene rings is 2. The summed E-state index contributed by atoms with van der Waals surface area (Å²) in [7, 11) is -3.98. The maximum Gasteiger partial charge on any atom is 0.258 e. The van der Waals surface area contributed by atoms with Crippen LogP contribution in [0, 0.1) is 11.6 Å². The number of aryl methyl sites for hydroxylation is 1. The first-order valence-electron chi connectivity index (χ1n) is 9.44. The SMILES string of the molecule is O=C1CN(S(=O)(=O)c2cccc(C(=O)N3CCCc4cc(F)cc(F)c43)c2)CCN1. The molecule has 0 aliphatic carbocycles. The molecule has 2 aliphatic heterocycles. The maximum absolute atomic E-state index is 14.4. The van der Waals surface area contributed by atoms with Gasteiger partial charge in [0, 0.05) is 31.3 Å². The van der Waals surface area contributed by atoms with Gasteiger partial charge in [-0.3, -0.25) is 9.59 Å². The summed E-state index contributed by atoms with van der Waals surface area (Å²) in [6.45, 7) is 0.272. The molecule has 0 bridgehead atoms. The molecule has 0 unspecified atom stereocenters. The van der Waals surface area contributed by atoms with Crippen molar-refractivity contribution < 1.29 is 26.8 Å². The van der Waals surface area contributed by atoms with Crippen LogP contribution in [0.4, 0.5) is 14.5 Å². The van der Waals surface area contributed by atoms with Crippen molar-refractivity contribution in [1.29, 1.82) is 0 Å². The van der Waals surface area contributed by atoms with Crippen molar-refractivity contribution in [2.24, 2.45) is 0 Å². The number of carbonyl (C=O) groups is 2. The number of rotatable bonds is 3. The Morgan fingerprint density at radius 1 is 1.10 bits per heavy atom. The summed E-state index contributed by atoms with van der Waals surface area (Å²) in [6.07, 6.45) is 0.974. The van der Waals surface area contributed by atoms with E-state index in [-0.39, 0.29) is 42.3 Å². The quantitative estimate of drug-likeness (QED) is 0.795. The Labute approximate surface area is 172 Å². The van der Waals surface area contributed by atoms with Gasteiger partial charge in [0.05, 0.1) is 17.1 Å². The van der Waals surface area contributed by atoms with Gasteiger partial charge in [-0.15, -0.1) is 0 Å². The number of carbonyl (C=O) groups excluding carboxylic acids is 2. The van der Waals surface area contributed by atoms with Gasteiger partial charge in [-0.05, 0) is 42.7 Å². The number of nitrogens with one attached hydrogen (secondary N) is 1. The minimum Gasteiger partial charge on any atom is -0.354 e. The van der Waals surface area contributed by atoms with E-state index in [0.717, 1.165) is 10.4 Å². The lowest BCUT2D eigenvalue weighted by Gasteiger charge is -2.30. The summed E-state index contributed by atoms with van der Waals surface area (Å²) in [5, 5.41) is 2.56. The maximum atomic E-state index is 14.4. The van der Waals surface area contributed by atoms with Crippen molar-refractivity contribution in [2.45, 2.75) is 17.7 Å². The van der Waals surface area contributed by atoms with Gasteiger partial charge in [-0.1, -0.05) is 6.07 Å². The monoisotopic (exact) mass is 435 g/mol. The molecule has 2 amide bonds. The van der Waals surface area contributed by atoms with Crippen LogP contribution >= 0.6 is 0 Å². The van der Waals surface area contributed by atoms with Crippen molar-refractivity contribution in [1.82, 2.24) is 9.62 Å². The number of sulfonamides is 1. The summed E-state index contributed by atoms with van der Waals surface area (Å²) in [5.41, 5.74) is 0.484. The molecule has 0 aromatic heterocycles. The van der Waals surface area contributed by atoms with Crippen molar-refractivity contribution in [2.75, 3.05) is 31.1 Å². The van der Waals surface area contributed by atoms with Crippen LogP contribution in [-0.4, -0.2) is 50.7 Å². The molecule has 7 nitrogen and oxygen atoms in total. The highest BCUT2D eigenvalue weighted by Gasteiger charge is 2.31. The van der Waals surface area contributed by atoms with Crippen molar-refractivity contribution in [3.05, 3.63) is 59.2 Å². The lowest BCUT2D eigenvalue weighted by atomic mass is 10.00. The average molecular weight is 435 g/mol. The molecule has 0 spiro atoms.